The number of carbonyl (C=O) groups excluding carboxylic acids is 1. The summed E-state index contributed by atoms with van der Waals surface area (Å²) in [5.41, 5.74) is 0. The zero-order valence-corrected chi connectivity index (χ0v) is 32.6. The topological polar surface area (TPSA) is 69.6 Å². The summed E-state index contributed by atoms with van der Waals surface area (Å²) in [7, 11) is 0. The summed E-state index contributed by atoms with van der Waals surface area (Å²) in [6, 6.07) is -0.621. The Morgan fingerprint density at radius 1 is 0.500 bits per heavy atom. The van der Waals surface area contributed by atoms with Crippen LogP contribution in [0, 0.1) is 0 Å². The van der Waals surface area contributed by atoms with Crippen LogP contribution in [-0.4, -0.2) is 34.9 Å². The van der Waals surface area contributed by atoms with Crippen LogP contribution in [0.4, 0.5) is 0 Å². The maximum atomic E-state index is 12.2. The van der Waals surface area contributed by atoms with Crippen molar-refractivity contribution in [3.05, 3.63) is 85.1 Å². The number of unbranched alkanes of at least 4 members (excludes halogenated alkanes) is 17. The van der Waals surface area contributed by atoms with E-state index in [1.54, 1.807) is 6.08 Å². The van der Waals surface area contributed by atoms with Crippen molar-refractivity contribution in [2.75, 3.05) is 6.61 Å². The average Bonchev–Trinajstić information content (AvgIpc) is 3.12. The lowest BCUT2D eigenvalue weighted by atomic mass is 10.0. The number of amides is 1. The maximum absolute atomic E-state index is 12.2. The van der Waals surface area contributed by atoms with Crippen molar-refractivity contribution >= 4 is 5.91 Å². The van der Waals surface area contributed by atoms with E-state index in [1.807, 2.05) is 6.08 Å². The minimum Gasteiger partial charge on any atom is -0.394 e. The van der Waals surface area contributed by atoms with Crippen LogP contribution in [0.2, 0.25) is 0 Å². The third-order valence-corrected chi connectivity index (χ3v) is 8.88. The van der Waals surface area contributed by atoms with E-state index in [9.17, 15) is 15.0 Å². The first-order valence-electron chi connectivity index (χ1n) is 20.8. The molecule has 4 nitrogen and oxygen atoms in total. The fourth-order valence-electron chi connectivity index (χ4n) is 5.71. The zero-order valence-electron chi connectivity index (χ0n) is 32.6. The second-order valence-corrected chi connectivity index (χ2v) is 13.7. The van der Waals surface area contributed by atoms with Crippen LogP contribution in [0.1, 0.15) is 181 Å². The summed E-state index contributed by atoms with van der Waals surface area (Å²) < 4.78 is 0. The molecule has 0 aromatic heterocycles. The Hall–Kier alpha value is -2.43. The largest absolute Gasteiger partial charge is 0.394 e. The number of aliphatic hydroxyl groups is 2. The number of carbonyl (C=O) groups is 1. The Kier molecular flexibility index (Phi) is 39.0. The molecule has 0 aromatic rings. The van der Waals surface area contributed by atoms with Crippen molar-refractivity contribution in [1.29, 1.82) is 0 Å². The third-order valence-electron chi connectivity index (χ3n) is 8.88. The highest BCUT2D eigenvalue weighted by Crippen LogP contribution is 2.14. The summed E-state index contributed by atoms with van der Waals surface area (Å²) in [4.78, 5) is 12.2. The quantitative estimate of drug-likeness (QED) is 0.0452. The third kappa shape index (κ3) is 36.8. The van der Waals surface area contributed by atoms with Gasteiger partial charge in [-0.05, 0) is 70.6 Å². The van der Waals surface area contributed by atoms with E-state index < -0.39 is 12.1 Å². The molecule has 2 atom stereocenters. The highest BCUT2D eigenvalue weighted by atomic mass is 16.3. The highest BCUT2D eigenvalue weighted by molar-refractivity contribution is 5.76. The summed E-state index contributed by atoms with van der Waals surface area (Å²) in [6.07, 6.45) is 60.1. The van der Waals surface area contributed by atoms with Gasteiger partial charge < -0.3 is 15.5 Å². The maximum Gasteiger partial charge on any atom is 0.220 e. The lowest BCUT2D eigenvalue weighted by molar-refractivity contribution is -0.123. The molecule has 0 aliphatic heterocycles. The van der Waals surface area contributed by atoms with E-state index in [-0.39, 0.29) is 12.5 Å². The van der Waals surface area contributed by atoms with Gasteiger partial charge in [-0.1, -0.05) is 189 Å². The Morgan fingerprint density at radius 3 is 1.32 bits per heavy atom. The van der Waals surface area contributed by atoms with Gasteiger partial charge in [0.25, 0.3) is 0 Å². The minimum absolute atomic E-state index is 0.0765. The summed E-state index contributed by atoms with van der Waals surface area (Å²) >= 11 is 0. The number of rotatable bonds is 36. The van der Waals surface area contributed by atoms with E-state index in [1.165, 1.54) is 96.3 Å². The molecule has 50 heavy (non-hydrogen) atoms. The molecule has 0 rings (SSSR count). The fraction of sp³-hybridized carbons (Fsp3) is 0.674. The van der Waals surface area contributed by atoms with Gasteiger partial charge in [0, 0.05) is 6.42 Å². The molecule has 0 fully saturated rings. The normalized spacial score (nSPS) is 13.9. The molecule has 286 valence electrons. The molecule has 0 bridgehead atoms. The number of hydrogen-bond acceptors (Lipinski definition) is 3. The van der Waals surface area contributed by atoms with E-state index >= 15 is 0 Å². The summed E-state index contributed by atoms with van der Waals surface area (Å²) in [5, 5.41) is 22.6. The van der Waals surface area contributed by atoms with Gasteiger partial charge >= 0.3 is 0 Å². The van der Waals surface area contributed by atoms with Gasteiger partial charge in [0.05, 0.1) is 18.8 Å². The van der Waals surface area contributed by atoms with Crippen LogP contribution in [-0.2, 0) is 4.79 Å². The first-order valence-corrected chi connectivity index (χ1v) is 20.8. The monoisotopic (exact) mass is 694 g/mol. The van der Waals surface area contributed by atoms with E-state index in [0.29, 0.717) is 6.42 Å². The van der Waals surface area contributed by atoms with Gasteiger partial charge in [-0.2, -0.15) is 0 Å². The van der Waals surface area contributed by atoms with Crippen molar-refractivity contribution < 1.29 is 15.0 Å². The SMILES string of the molecule is CC/C=C\C/C=C\C/C=C\C/C=C\C/C=C\C/C=C\CCCCCCCCCCCCCCCCC(=O)NC(CO)C(O)/C=C/CCCCC. The average molecular weight is 694 g/mol. The predicted octanol–water partition coefficient (Wildman–Crippen LogP) is 12.9. The Balaban J connectivity index is 3.48. The molecule has 0 saturated heterocycles. The lowest BCUT2D eigenvalue weighted by Crippen LogP contribution is -2.45. The number of nitrogens with one attached hydrogen (secondary N) is 1. The Labute approximate surface area is 310 Å². The van der Waals surface area contributed by atoms with Gasteiger partial charge in [0.2, 0.25) is 5.91 Å². The van der Waals surface area contributed by atoms with Crippen LogP contribution in [0.15, 0.2) is 85.1 Å². The lowest BCUT2D eigenvalue weighted by Gasteiger charge is -2.20. The van der Waals surface area contributed by atoms with Gasteiger partial charge in [-0.15, -0.1) is 0 Å². The molecular formula is C46H79NO3. The van der Waals surface area contributed by atoms with E-state index in [2.05, 4.69) is 92.1 Å². The van der Waals surface area contributed by atoms with Crippen LogP contribution >= 0.6 is 0 Å². The van der Waals surface area contributed by atoms with Crippen molar-refractivity contribution in [1.82, 2.24) is 5.32 Å². The minimum atomic E-state index is -0.838. The fourth-order valence-corrected chi connectivity index (χ4v) is 5.71. The van der Waals surface area contributed by atoms with Crippen molar-refractivity contribution in [3.8, 4) is 0 Å². The Morgan fingerprint density at radius 2 is 0.880 bits per heavy atom. The number of hydrogen-bond donors (Lipinski definition) is 3. The van der Waals surface area contributed by atoms with Gasteiger partial charge in [0.15, 0.2) is 0 Å². The molecule has 0 heterocycles. The first kappa shape index (κ1) is 47.6. The van der Waals surface area contributed by atoms with Gasteiger partial charge in [-0.3, -0.25) is 4.79 Å². The molecule has 0 spiro atoms. The molecule has 0 aromatic carbocycles. The zero-order chi connectivity index (χ0) is 36.4. The summed E-state index contributed by atoms with van der Waals surface area (Å²) in [6.45, 7) is 4.08. The molecule has 1 amide bonds. The van der Waals surface area contributed by atoms with Crippen LogP contribution in [0.5, 0.6) is 0 Å². The highest BCUT2D eigenvalue weighted by Gasteiger charge is 2.17. The first-order chi connectivity index (χ1) is 24.7. The molecule has 2 unspecified atom stereocenters. The van der Waals surface area contributed by atoms with Crippen molar-refractivity contribution in [3.63, 3.8) is 0 Å². The molecular weight excluding hydrogens is 615 g/mol. The second-order valence-electron chi connectivity index (χ2n) is 13.7. The van der Waals surface area contributed by atoms with Gasteiger partial charge in [-0.25, -0.2) is 0 Å². The molecule has 3 N–H and O–H groups in total. The van der Waals surface area contributed by atoms with Crippen LogP contribution in [0.3, 0.4) is 0 Å². The summed E-state index contributed by atoms with van der Waals surface area (Å²) in [5.74, 6) is -0.0765. The van der Waals surface area contributed by atoms with Crippen LogP contribution < -0.4 is 5.32 Å². The number of aliphatic hydroxyl groups excluding tert-OH is 2. The molecule has 0 aliphatic carbocycles. The predicted molar refractivity (Wildman–Crippen MR) is 220 cm³/mol. The smallest absolute Gasteiger partial charge is 0.220 e. The molecule has 0 radical (unpaired) electrons. The second kappa shape index (κ2) is 41.0. The van der Waals surface area contributed by atoms with Crippen LogP contribution in [0.25, 0.3) is 0 Å². The van der Waals surface area contributed by atoms with E-state index in [0.717, 1.165) is 64.2 Å². The van der Waals surface area contributed by atoms with Gasteiger partial charge in [0.1, 0.15) is 0 Å². The molecule has 0 aliphatic rings. The van der Waals surface area contributed by atoms with Crippen molar-refractivity contribution in [2.45, 2.75) is 193 Å². The standard InChI is InChI=1S/C46H79NO3/c1-3-5-7-9-10-11-12-13-14-15-16-17-18-19-20-21-22-23-24-25-26-27-28-29-30-31-32-33-34-35-36-38-40-42-46(50)47-44(43-48)45(49)41-39-37-8-6-4-2/h5,7,10-11,13-14,16-17,19-20,22-23,39,41,44-45,48-49H,3-4,6,8-9,12,15,18,21,24-38,40,42-43H2,1-2H3,(H,47,50)/b7-5-,11-10-,14-13-,17-16-,20-19-,23-22-,41-39+. The molecule has 4 heteroatoms. The molecule has 0 saturated carbocycles. The Bertz CT molecular complexity index is 926. The van der Waals surface area contributed by atoms with E-state index in [4.69, 9.17) is 0 Å². The number of allylic oxidation sites excluding steroid dienone is 13. The van der Waals surface area contributed by atoms with Crippen molar-refractivity contribution in [2.24, 2.45) is 0 Å².